The summed E-state index contributed by atoms with van der Waals surface area (Å²) in [6.45, 7) is 3.98. The molecule has 0 radical (unpaired) electrons. The summed E-state index contributed by atoms with van der Waals surface area (Å²) >= 11 is 0. The van der Waals surface area contributed by atoms with Gasteiger partial charge in [0.25, 0.3) is 5.91 Å². The van der Waals surface area contributed by atoms with E-state index in [9.17, 15) is 4.79 Å². The smallest absolute Gasteiger partial charge is 0.267 e. The Morgan fingerprint density at radius 2 is 1.77 bits per heavy atom. The van der Waals surface area contributed by atoms with E-state index in [4.69, 9.17) is 0 Å². The highest BCUT2D eigenvalue weighted by atomic mass is 16.1. The second-order valence-electron chi connectivity index (χ2n) is 7.19. The molecule has 0 bridgehead atoms. The van der Waals surface area contributed by atoms with Gasteiger partial charge in [-0.1, -0.05) is 48.5 Å². The Balaban J connectivity index is 1.25. The first-order chi connectivity index (χ1) is 12.8. The lowest BCUT2D eigenvalue weighted by Crippen LogP contribution is -2.38. The van der Waals surface area contributed by atoms with Crippen LogP contribution in [0, 0.1) is 5.92 Å². The number of piperidine rings is 1. The minimum Gasteiger partial charge on any atom is -0.351 e. The number of H-pyrrole nitrogens is 1. The Hall–Kier alpha value is -2.59. The third kappa shape index (κ3) is 3.97. The molecule has 1 aliphatic rings. The van der Waals surface area contributed by atoms with Crippen molar-refractivity contribution in [2.24, 2.45) is 5.92 Å². The molecule has 0 saturated carbocycles. The standard InChI is InChI=1S/C22H25N3O/c26-22(21-14-19-8-4-5-9-20(19)24-21)23-15-17-10-12-25(13-11-17)16-18-6-2-1-3-7-18/h1-9,14,17,24H,10-13,15-16H2,(H,23,26). The van der Waals surface area contributed by atoms with Crippen molar-refractivity contribution in [3.05, 3.63) is 71.9 Å². The van der Waals surface area contributed by atoms with Crippen LogP contribution in [0.4, 0.5) is 0 Å². The summed E-state index contributed by atoms with van der Waals surface area (Å²) in [6.07, 6.45) is 2.28. The zero-order valence-electron chi connectivity index (χ0n) is 14.9. The van der Waals surface area contributed by atoms with E-state index >= 15 is 0 Å². The van der Waals surface area contributed by atoms with E-state index in [0.717, 1.165) is 49.9 Å². The number of hydrogen-bond donors (Lipinski definition) is 2. The van der Waals surface area contributed by atoms with Crippen LogP contribution in [0.3, 0.4) is 0 Å². The highest BCUT2D eigenvalue weighted by Gasteiger charge is 2.20. The molecule has 26 heavy (non-hydrogen) atoms. The van der Waals surface area contributed by atoms with Gasteiger partial charge in [-0.2, -0.15) is 0 Å². The molecule has 0 unspecified atom stereocenters. The van der Waals surface area contributed by atoms with Gasteiger partial charge in [0.05, 0.1) is 0 Å². The first kappa shape index (κ1) is 16.9. The maximum atomic E-state index is 12.4. The highest BCUT2D eigenvalue weighted by Crippen LogP contribution is 2.19. The summed E-state index contributed by atoms with van der Waals surface area (Å²) in [5, 5.41) is 4.18. The van der Waals surface area contributed by atoms with Gasteiger partial charge in [0.1, 0.15) is 5.69 Å². The summed E-state index contributed by atoms with van der Waals surface area (Å²) in [6, 6.07) is 20.5. The minimum absolute atomic E-state index is 0.00656. The fraction of sp³-hybridized carbons (Fsp3) is 0.318. The van der Waals surface area contributed by atoms with E-state index in [1.807, 2.05) is 30.3 Å². The summed E-state index contributed by atoms with van der Waals surface area (Å²) in [4.78, 5) is 18.1. The molecule has 1 aromatic heterocycles. The van der Waals surface area contributed by atoms with Crippen LogP contribution in [0.15, 0.2) is 60.7 Å². The average molecular weight is 347 g/mol. The van der Waals surface area contributed by atoms with Crippen molar-refractivity contribution in [3.63, 3.8) is 0 Å². The molecular weight excluding hydrogens is 322 g/mol. The molecule has 2 aromatic carbocycles. The summed E-state index contributed by atoms with van der Waals surface area (Å²) < 4.78 is 0. The number of rotatable bonds is 5. The number of nitrogens with zero attached hydrogens (tertiary/aromatic N) is 1. The predicted octanol–water partition coefficient (Wildman–Crippen LogP) is 3.81. The van der Waals surface area contributed by atoms with Crippen molar-refractivity contribution in [2.75, 3.05) is 19.6 Å². The Morgan fingerprint density at radius 1 is 1.04 bits per heavy atom. The number of carbonyl (C=O) groups is 1. The third-order valence-electron chi connectivity index (χ3n) is 5.28. The number of para-hydroxylation sites is 1. The molecule has 2 N–H and O–H groups in total. The molecule has 1 saturated heterocycles. The molecule has 4 nitrogen and oxygen atoms in total. The van der Waals surface area contributed by atoms with Crippen LogP contribution < -0.4 is 5.32 Å². The van der Waals surface area contributed by atoms with E-state index in [2.05, 4.69) is 45.5 Å². The van der Waals surface area contributed by atoms with Gasteiger partial charge < -0.3 is 10.3 Å². The van der Waals surface area contributed by atoms with Gasteiger partial charge in [-0.05, 0) is 49.5 Å². The zero-order chi connectivity index (χ0) is 17.8. The van der Waals surface area contributed by atoms with Crippen molar-refractivity contribution in [1.82, 2.24) is 15.2 Å². The maximum absolute atomic E-state index is 12.4. The van der Waals surface area contributed by atoms with Crippen LogP contribution in [0.25, 0.3) is 10.9 Å². The van der Waals surface area contributed by atoms with Gasteiger partial charge >= 0.3 is 0 Å². The highest BCUT2D eigenvalue weighted by molar-refractivity contribution is 5.97. The van der Waals surface area contributed by atoms with E-state index in [1.165, 1.54) is 5.56 Å². The Bertz CT molecular complexity index is 830. The molecule has 1 fully saturated rings. The van der Waals surface area contributed by atoms with Crippen molar-refractivity contribution in [2.45, 2.75) is 19.4 Å². The number of nitrogens with one attached hydrogen (secondary N) is 2. The number of fused-ring (bicyclic) bond motifs is 1. The fourth-order valence-corrected chi connectivity index (χ4v) is 3.72. The van der Waals surface area contributed by atoms with Crippen LogP contribution in [0.1, 0.15) is 28.9 Å². The van der Waals surface area contributed by atoms with Gasteiger partial charge in [-0.3, -0.25) is 9.69 Å². The molecule has 4 rings (SSSR count). The van der Waals surface area contributed by atoms with Gasteiger partial charge in [-0.15, -0.1) is 0 Å². The second-order valence-corrected chi connectivity index (χ2v) is 7.19. The summed E-state index contributed by atoms with van der Waals surface area (Å²) in [5.41, 5.74) is 3.03. The number of aromatic nitrogens is 1. The largest absolute Gasteiger partial charge is 0.351 e. The van der Waals surface area contributed by atoms with Crippen LogP contribution >= 0.6 is 0 Å². The molecule has 0 atom stereocenters. The van der Waals surface area contributed by atoms with Crippen LogP contribution in [0.5, 0.6) is 0 Å². The fourth-order valence-electron chi connectivity index (χ4n) is 3.72. The van der Waals surface area contributed by atoms with Crippen molar-refractivity contribution in [1.29, 1.82) is 0 Å². The Kier molecular flexibility index (Phi) is 5.02. The molecular formula is C22H25N3O. The summed E-state index contributed by atoms with van der Waals surface area (Å²) in [5.74, 6) is 0.559. The molecule has 4 heteroatoms. The number of aromatic amines is 1. The molecule has 1 aliphatic heterocycles. The Morgan fingerprint density at radius 3 is 2.54 bits per heavy atom. The minimum atomic E-state index is -0.00656. The van der Waals surface area contributed by atoms with E-state index < -0.39 is 0 Å². The van der Waals surface area contributed by atoms with E-state index in [1.54, 1.807) is 0 Å². The predicted molar refractivity (Wildman–Crippen MR) is 105 cm³/mol. The second kappa shape index (κ2) is 7.75. The van der Waals surface area contributed by atoms with Crippen LogP contribution in [-0.2, 0) is 6.54 Å². The van der Waals surface area contributed by atoms with Crippen molar-refractivity contribution >= 4 is 16.8 Å². The average Bonchev–Trinajstić information content (AvgIpc) is 3.12. The van der Waals surface area contributed by atoms with Gasteiger partial charge in [0, 0.05) is 24.0 Å². The lowest BCUT2D eigenvalue weighted by Gasteiger charge is -2.32. The Labute approximate surface area is 154 Å². The first-order valence-corrected chi connectivity index (χ1v) is 9.40. The normalized spacial score (nSPS) is 16.0. The number of carbonyl (C=O) groups excluding carboxylic acids is 1. The van der Waals surface area contributed by atoms with Gasteiger partial charge in [0.15, 0.2) is 0 Å². The first-order valence-electron chi connectivity index (χ1n) is 9.40. The number of likely N-dealkylation sites (tertiary alicyclic amines) is 1. The quantitative estimate of drug-likeness (QED) is 0.737. The van der Waals surface area contributed by atoms with Gasteiger partial charge in [0.2, 0.25) is 0 Å². The van der Waals surface area contributed by atoms with Crippen LogP contribution in [0.2, 0.25) is 0 Å². The van der Waals surface area contributed by atoms with Gasteiger partial charge in [-0.25, -0.2) is 0 Å². The number of amides is 1. The molecule has 0 aliphatic carbocycles. The zero-order valence-corrected chi connectivity index (χ0v) is 14.9. The lowest BCUT2D eigenvalue weighted by molar-refractivity contribution is 0.0931. The van der Waals surface area contributed by atoms with Crippen molar-refractivity contribution in [3.8, 4) is 0 Å². The number of benzene rings is 2. The van der Waals surface area contributed by atoms with E-state index in [-0.39, 0.29) is 5.91 Å². The third-order valence-corrected chi connectivity index (χ3v) is 5.28. The van der Waals surface area contributed by atoms with E-state index in [0.29, 0.717) is 11.6 Å². The topological polar surface area (TPSA) is 48.1 Å². The monoisotopic (exact) mass is 347 g/mol. The van der Waals surface area contributed by atoms with Crippen LogP contribution in [-0.4, -0.2) is 35.4 Å². The molecule has 2 heterocycles. The molecule has 1 amide bonds. The molecule has 134 valence electrons. The SMILES string of the molecule is O=C(NCC1CCN(Cc2ccccc2)CC1)c1cc2ccccc2[nH]1. The maximum Gasteiger partial charge on any atom is 0.267 e. The lowest BCUT2D eigenvalue weighted by atomic mass is 9.96. The number of hydrogen-bond acceptors (Lipinski definition) is 2. The summed E-state index contributed by atoms with van der Waals surface area (Å²) in [7, 11) is 0. The molecule has 0 spiro atoms. The van der Waals surface area contributed by atoms with Crippen molar-refractivity contribution < 1.29 is 4.79 Å². The molecule has 3 aromatic rings.